The Morgan fingerprint density at radius 1 is 0.714 bits per heavy atom. The standard InChI is InChI=1S/C24H38O4/c1-21(2)15-9-11-23(21,5)17(13-15)27-19(25)7-8-20(26)28-18-14-16-10-12-24(18,6)22(16,3)4/h15-18H,7-14H2,1-6H3/t15-,16-,17+,18+,23-,24-/m1/s1. The van der Waals surface area contributed by atoms with Crippen molar-refractivity contribution >= 4 is 11.9 Å². The number of esters is 2. The van der Waals surface area contributed by atoms with Crippen molar-refractivity contribution in [1.29, 1.82) is 0 Å². The lowest BCUT2D eigenvalue weighted by Crippen LogP contribution is -2.39. The minimum Gasteiger partial charge on any atom is -0.462 e. The van der Waals surface area contributed by atoms with Crippen LogP contribution in [-0.4, -0.2) is 24.1 Å². The van der Waals surface area contributed by atoms with Gasteiger partial charge in [0.15, 0.2) is 0 Å². The molecule has 28 heavy (non-hydrogen) atoms. The zero-order valence-electron chi connectivity index (χ0n) is 18.6. The molecule has 4 aliphatic carbocycles. The minimum atomic E-state index is -0.244. The van der Waals surface area contributed by atoms with Crippen LogP contribution in [0.1, 0.15) is 92.9 Å². The number of rotatable bonds is 5. The van der Waals surface area contributed by atoms with E-state index >= 15 is 0 Å². The summed E-state index contributed by atoms with van der Waals surface area (Å²) in [6, 6.07) is 0. The second-order valence-corrected chi connectivity index (χ2v) is 11.7. The van der Waals surface area contributed by atoms with Crippen LogP contribution >= 0.6 is 0 Å². The first kappa shape index (κ1) is 20.2. The normalized spacial score (nSPS) is 44.6. The van der Waals surface area contributed by atoms with Crippen LogP contribution in [0.15, 0.2) is 0 Å². The summed E-state index contributed by atoms with van der Waals surface area (Å²) < 4.78 is 11.7. The minimum absolute atomic E-state index is 0.00459. The van der Waals surface area contributed by atoms with Gasteiger partial charge >= 0.3 is 11.9 Å². The molecule has 4 nitrogen and oxygen atoms in total. The first-order valence-electron chi connectivity index (χ1n) is 11.3. The molecule has 0 heterocycles. The molecule has 0 aromatic heterocycles. The van der Waals surface area contributed by atoms with Gasteiger partial charge in [-0.3, -0.25) is 9.59 Å². The second kappa shape index (κ2) is 6.22. The molecule has 6 atom stereocenters. The van der Waals surface area contributed by atoms with E-state index in [4.69, 9.17) is 9.47 Å². The maximum Gasteiger partial charge on any atom is 0.306 e. The van der Waals surface area contributed by atoms with E-state index in [-0.39, 0.29) is 58.6 Å². The van der Waals surface area contributed by atoms with Crippen molar-refractivity contribution in [2.75, 3.05) is 0 Å². The number of carbonyl (C=O) groups excluding carboxylic acids is 2. The zero-order chi connectivity index (χ0) is 20.5. The van der Waals surface area contributed by atoms with Gasteiger partial charge in [-0.1, -0.05) is 41.5 Å². The van der Waals surface area contributed by atoms with Crippen LogP contribution in [0.25, 0.3) is 0 Å². The van der Waals surface area contributed by atoms with Gasteiger partial charge in [-0.2, -0.15) is 0 Å². The highest BCUT2D eigenvalue weighted by Crippen LogP contribution is 2.67. The van der Waals surface area contributed by atoms with Gasteiger partial charge in [0.25, 0.3) is 0 Å². The third kappa shape index (κ3) is 2.61. The number of fused-ring (bicyclic) bond motifs is 4. The number of hydrogen-bond acceptors (Lipinski definition) is 4. The van der Waals surface area contributed by atoms with Crippen LogP contribution in [0.2, 0.25) is 0 Å². The summed E-state index contributed by atoms with van der Waals surface area (Å²) in [5.74, 6) is 0.793. The molecule has 4 saturated carbocycles. The summed E-state index contributed by atoms with van der Waals surface area (Å²) in [6.45, 7) is 13.8. The molecule has 0 spiro atoms. The lowest BCUT2D eigenvalue weighted by atomic mass is 9.70. The average molecular weight is 391 g/mol. The Kier molecular flexibility index (Phi) is 4.49. The van der Waals surface area contributed by atoms with Crippen molar-refractivity contribution in [3.05, 3.63) is 0 Å². The van der Waals surface area contributed by atoms with Crippen LogP contribution in [0.4, 0.5) is 0 Å². The smallest absolute Gasteiger partial charge is 0.306 e. The van der Waals surface area contributed by atoms with E-state index in [1.54, 1.807) is 0 Å². The van der Waals surface area contributed by atoms with E-state index in [0.29, 0.717) is 11.8 Å². The Labute approximate surface area is 170 Å². The molecule has 4 fully saturated rings. The molecular formula is C24H38O4. The molecule has 4 rings (SSSR count). The van der Waals surface area contributed by atoms with Gasteiger partial charge in [0.1, 0.15) is 12.2 Å². The van der Waals surface area contributed by atoms with Gasteiger partial charge < -0.3 is 9.47 Å². The summed E-state index contributed by atoms with van der Waals surface area (Å²) in [7, 11) is 0. The quantitative estimate of drug-likeness (QED) is 0.599. The van der Waals surface area contributed by atoms with E-state index in [1.165, 1.54) is 12.8 Å². The number of hydrogen-bond donors (Lipinski definition) is 0. The van der Waals surface area contributed by atoms with Gasteiger partial charge in [0.2, 0.25) is 0 Å². The maximum absolute atomic E-state index is 12.4. The van der Waals surface area contributed by atoms with Gasteiger partial charge in [-0.15, -0.1) is 0 Å². The highest BCUT2D eigenvalue weighted by molar-refractivity contribution is 5.78. The predicted octanol–water partition coefficient (Wildman–Crippen LogP) is 5.28. The summed E-state index contributed by atoms with van der Waals surface area (Å²) >= 11 is 0. The van der Waals surface area contributed by atoms with Crippen molar-refractivity contribution in [3.8, 4) is 0 Å². The Morgan fingerprint density at radius 3 is 1.32 bits per heavy atom. The molecular weight excluding hydrogens is 352 g/mol. The van der Waals surface area contributed by atoms with E-state index < -0.39 is 0 Å². The molecule has 0 radical (unpaired) electrons. The first-order chi connectivity index (χ1) is 12.9. The Morgan fingerprint density at radius 2 is 1.07 bits per heavy atom. The van der Waals surface area contributed by atoms with Crippen LogP contribution in [0.3, 0.4) is 0 Å². The van der Waals surface area contributed by atoms with Gasteiger partial charge in [-0.05, 0) is 61.2 Å². The Bertz CT molecular complexity index is 622. The molecule has 0 aliphatic heterocycles. The molecule has 0 N–H and O–H groups in total. The van der Waals surface area contributed by atoms with Crippen molar-refractivity contribution < 1.29 is 19.1 Å². The predicted molar refractivity (Wildman–Crippen MR) is 107 cm³/mol. The molecule has 4 aliphatic rings. The van der Waals surface area contributed by atoms with Gasteiger partial charge in [0, 0.05) is 10.8 Å². The van der Waals surface area contributed by atoms with Gasteiger partial charge in [-0.25, -0.2) is 0 Å². The van der Waals surface area contributed by atoms with Crippen molar-refractivity contribution in [2.24, 2.45) is 33.5 Å². The SMILES string of the molecule is CC1(C)[C@@H]2CC[C@]1(C)[C@@H](OC(=O)CCC(=O)O[C@H]1C[C@H]3CC[C@@]1(C)C3(C)C)C2. The third-order valence-electron chi connectivity index (χ3n) is 10.5. The molecule has 158 valence electrons. The first-order valence-corrected chi connectivity index (χ1v) is 11.3. The molecule has 0 unspecified atom stereocenters. The van der Waals surface area contributed by atoms with Crippen LogP contribution in [-0.2, 0) is 19.1 Å². The molecule has 0 aromatic rings. The van der Waals surface area contributed by atoms with Gasteiger partial charge in [0.05, 0.1) is 12.8 Å². The maximum atomic E-state index is 12.4. The Balaban J connectivity index is 1.27. The summed E-state index contributed by atoms with van der Waals surface area (Å²) in [5.41, 5.74) is 0.579. The summed E-state index contributed by atoms with van der Waals surface area (Å²) in [4.78, 5) is 24.9. The molecule has 4 heteroatoms. The van der Waals surface area contributed by atoms with Crippen LogP contribution < -0.4 is 0 Å². The van der Waals surface area contributed by atoms with E-state index in [0.717, 1.165) is 25.7 Å². The molecule has 4 bridgehead atoms. The molecule has 0 saturated heterocycles. The topological polar surface area (TPSA) is 52.6 Å². The third-order valence-corrected chi connectivity index (χ3v) is 10.5. The molecule has 0 aromatic carbocycles. The van der Waals surface area contributed by atoms with Crippen molar-refractivity contribution in [3.63, 3.8) is 0 Å². The fourth-order valence-electron chi connectivity index (χ4n) is 7.26. The zero-order valence-corrected chi connectivity index (χ0v) is 18.6. The fourth-order valence-corrected chi connectivity index (χ4v) is 7.26. The lowest BCUT2D eigenvalue weighted by molar-refractivity contribution is -0.163. The monoisotopic (exact) mass is 390 g/mol. The van der Waals surface area contributed by atoms with Crippen molar-refractivity contribution in [2.45, 2.75) is 105 Å². The summed E-state index contributed by atoms with van der Waals surface area (Å²) in [6.07, 6.45) is 6.92. The number of ether oxygens (including phenoxy) is 2. The highest BCUT2D eigenvalue weighted by Gasteiger charge is 2.64. The van der Waals surface area contributed by atoms with E-state index in [9.17, 15) is 9.59 Å². The van der Waals surface area contributed by atoms with E-state index in [1.807, 2.05) is 0 Å². The molecule has 0 amide bonds. The summed E-state index contributed by atoms with van der Waals surface area (Å²) in [5, 5.41) is 0. The van der Waals surface area contributed by atoms with Crippen LogP contribution in [0, 0.1) is 33.5 Å². The fraction of sp³-hybridized carbons (Fsp3) is 0.917. The van der Waals surface area contributed by atoms with E-state index in [2.05, 4.69) is 41.5 Å². The number of carbonyl (C=O) groups is 2. The highest BCUT2D eigenvalue weighted by atomic mass is 16.6. The van der Waals surface area contributed by atoms with Crippen molar-refractivity contribution in [1.82, 2.24) is 0 Å². The largest absolute Gasteiger partial charge is 0.462 e. The lowest BCUT2D eigenvalue weighted by Gasteiger charge is -2.38. The average Bonchev–Trinajstić information content (AvgIpc) is 3.12. The second-order valence-electron chi connectivity index (χ2n) is 11.7. The van der Waals surface area contributed by atoms with Crippen LogP contribution in [0.5, 0.6) is 0 Å². The Hall–Kier alpha value is -1.06.